The zero-order valence-corrected chi connectivity index (χ0v) is 8.08. The van der Waals surface area contributed by atoms with Crippen molar-refractivity contribution >= 4 is 11.9 Å². The van der Waals surface area contributed by atoms with Gasteiger partial charge < -0.3 is 9.64 Å². The Balaban J connectivity index is 2.40. The highest BCUT2D eigenvalue weighted by Gasteiger charge is 2.29. The van der Waals surface area contributed by atoms with Crippen LogP contribution in [0.4, 0.5) is 0 Å². The number of hydrogen-bond acceptors (Lipinski definition) is 3. The second-order valence-electron chi connectivity index (χ2n) is 3.22. The van der Waals surface area contributed by atoms with E-state index in [1.807, 2.05) is 0 Å². The van der Waals surface area contributed by atoms with E-state index in [-0.39, 0.29) is 12.6 Å². The van der Waals surface area contributed by atoms with E-state index in [2.05, 4.69) is 4.74 Å². The molecule has 0 N–H and O–H groups in total. The number of carbonyl (C=O) groups is 2. The van der Waals surface area contributed by atoms with E-state index in [9.17, 15) is 9.59 Å². The fraction of sp³-hybridized carbons (Fsp3) is 0.778. The molecule has 1 aliphatic rings. The van der Waals surface area contributed by atoms with Gasteiger partial charge in [0.25, 0.3) is 0 Å². The van der Waals surface area contributed by atoms with Crippen LogP contribution in [0, 0.1) is 0 Å². The summed E-state index contributed by atoms with van der Waals surface area (Å²) in [7, 11) is 1.66. The van der Waals surface area contributed by atoms with Crippen molar-refractivity contribution in [1.82, 2.24) is 4.90 Å². The number of amides is 1. The second kappa shape index (κ2) is 4.25. The molecule has 0 aromatic heterocycles. The largest absolute Gasteiger partial charge is 0.459 e. The average molecular weight is 185 g/mol. The number of rotatable bonds is 2. The molecule has 0 unspecified atom stereocenters. The molecule has 1 aliphatic carbocycles. The van der Waals surface area contributed by atoms with Crippen molar-refractivity contribution in [1.29, 1.82) is 0 Å². The Bertz CT molecular complexity index is 211. The van der Waals surface area contributed by atoms with E-state index >= 15 is 0 Å². The van der Waals surface area contributed by atoms with Gasteiger partial charge in [-0.3, -0.25) is 4.79 Å². The summed E-state index contributed by atoms with van der Waals surface area (Å²) in [5.41, 5.74) is 0. The van der Waals surface area contributed by atoms with Crippen molar-refractivity contribution in [2.24, 2.45) is 0 Å². The van der Waals surface area contributed by atoms with Crippen LogP contribution >= 0.6 is 0 Å². The maximum absolute atomic E-state index is 11.3. The summed E-state index contributed by atoms with van der Waals surface area (Å²) < 4.78 is 4.61. The lowest BCUT2D eigenvalue weighted by atomic mass is 9.92. The first-order valence-electron chi connectivity index (χ1n) is 4.60. The highest BCUT2D eigenvalue weighted by molar-refractivity contribution is 6.32. The molecule has 0 heterocycles. The van der Waals surface area contributed by atoms with Gasteiger partial charge in [0.2, 0.25) is 0 Å². The molecule has 4 nitrogen and oxygen atoms in total. The Morgan fingerprint density at radius 3 is 2.46 bits per heavy atom. The van der Waals surface area contributed by atoms with Gasteiger partial charge in [-0.25, -0.2) is 4.79 Å². The van der Waals surface area contributed by atoms with Gasteiger partial charge >= 0.3 is 11.9 Å². The first-order valence-corrected chi connectivity index (χ1v) is 4.60. The minimum absolute atomic E-state index is 0.247. The lowest BCUT2D eigenvalue weighted by Gasteiger charge is -2.33. The van der Waals surface area contributed by atoms with Gasteiger partial charge in [-0.15, -0.1) is 0 Å². The smallest absolute Gasteiger partial charge is 0.397 e. The fourth-order valence-electron chi connectivity index (χ4n) is 1.28. The zero-order valence-electron chi connectivity index (χ0n) is 8.08. The predicted molar refractivity (Wildman–Crippen MR) is 47.0 cm³/mol. The Morgan fingerprint density at radius 1 is 1.46 bits per heavy atom. The molecule has 0 saturated heterocycles. The van der Waals surface area contributed by atoms with Crippen LogP contribution in [-0.2, 0) is 14.3 Å². The van der Waals surface area contributed by atoms with Crippen LogP contribution in [0.25, 0.3) is 0 Å². The van der Waals surface area contributed by atoms with Crippen molar-refractivity contribution in [3.05, 3.63) is 0 Å². The van der Waals surface area contributed by atoms with Crippen LogP contribution in [-0.4, -0.2) is 36.5 Å². The molecule has 1 saturated carbocycles. The Labute approximate surface area is 77.8 Å². The summed E-state index contributed by atoms with van der Waals surface area (Å²) in [4.78, 5) is 23.8. The lowest BCUT2D eigenvalue weighted by molar-refractivity contribution is -0.161. The quantitative estimate of drug-likeness (QED) is 0.466. The van der Waals surface area contributed by atoms with Crippen LogP contribution in [0.3, 0.4) is 0 Å². The lowest BCUT2D eigenvalue weighted by Crippen LogP contribution is -2.45. The van der Waals surface area contributed by atoms with Crippen LogP contribution in [0.5, 0.6) is 0 Å². The van der Waals surface area contributed by atoms with Crippen molar-refractivity contribution in [3.8, 4) is 0 Å². The first kappa shape index (κ1) is 10.0. The van der Waals surface area contributed by atoms with Crippen LogP contribution in [0.2, 0.25) is 0 Å². The predicted octanol–water partition coefficient (Wildman–Crippen LogP) is 0.560. The van der Waals surface area contributed by atoms with Gasteiger partial charge in [-0.05, 0) is 26.2 Å². The van der Waals surface area contributed by atoms with Gasteiger partial charge in [-0.2, -0.15) is 0 Å². The van der Waals surface area contributed by atoms with Crippen molar-refractivity contribution in [2.45, 2.75) is 32.2 Å². The number of ether oxygens (including phenoxy) is 1. The van der Waals surface area contributed by atoms with E-state index in [0.29, 0.717) is 0 Å². The summed E-state index contributed by atoms with van der Waals surface area (Å²) in [5, 5.41) is 0. The average Bonchev–Trinajstić information content (AvgIpc) is 2.00. The van der Waals surface area contributed by atoms with E-state index in [1.165, 1.54) is 4.90 Å². The van der Waals surface area contributed by atoms with E-state index < -0.39 is 11.9 Å². The third-order valence-corrected chi connectivity index (χ3v) is 2.39. The van der Waals surface area contributed by atoms with E-state index in [4.69, 9.17) is 0 Å². The van der Waals surface area contributed by atoms with Crippen LogP contribution in [0.15, 0.2) is 0 Å². The Hall–Kier alpha value is -1.06. The minimum atomic E-state index is -0.739. The summed E-state index contributed by atoms with van der Waals surface area (Å²) in [6.45, 7) is 1.94. The Morgan fingerprint density at radius 2 is 2.08 bits per heavy atom. The van der Waals surface area contributed by atoms with Gasteiger partial charge in [0.15, 0.2) is 0 Å². The molecule has 0 radical (unpaired) electrons. The highest BCUT2D eigenvalue weighted by atomic mass is 16.5. The minimum Gasteiger partial charge on any atom is -0.459 e. The molecule has 0 atom stereocenters. The number of likely N-dealkylation sites (N-methyl/N-ethyl adjacent to an activating group) is 1. The summed E-state index contributed by atoms with van der Waals surface area (Å²) in [6, 6.07) is 0.247. The number of esters is 1. The van der Waals surface area contributed by atoms with Crippen LogP contribution in [0.1, 0.15) is 26.2 Å². The highest BCUT2D eigenvalue weighted by Crippen LogP contribution is 2.23. The maximum Gasteiger partial charge on any atom is 0.397 e. The third kappa shape index (κ3) is 2.20. The molecule has 0 aromatic rings. The first-order chi connectivity index (χ1) is 6.16. The third-order valence-electron chi connectivity index (χ3n) is 2.39. The van der Waals surface area contributed by atoms with Crippen molar-refractivity contribution in [3.63, 3.8) is 0 Å². The molecule has 0 bridgehead atoms. The zero-order chi connectivity index (χ0) is 9.84. The summed E-state index contributed by atoms with van der Waals surface area (Å²) >= 11 is 0. The van der Waals surface area contributed by atoms with Crippen molar-refractivity contribution in [2.75, 3.05) is 13.7 Å². The molecular weight excluding hydrogens is 170 g/mol. The maximum atomic E-state index is 11.3. The molecule has 1 fully saturated rings. The molecule has 74 valence electrons. The van der Waals surface area contributed by atoms with Gasteiger partial charge in [0, 0.05) is 13.1 Å². The summed E-state index contributed by atoms with van der Waals surface area (Å²) in [6.07, 6.45) is 3.15. The number of hydrogen-bond donors (Lipinski definition) is 0. The monoisotopic (exact) mass is 185 g/mol. The van der Waals surface area contributed by atoms with Crippen molar-refractivity contribution < 1.29 is 14.3 Å². The molecule has 0 aliphatic heterocycles. The fourth-order valence-corrected chi connectivity index (χ4v) is 1.28. The SMILES string of the molecule is CCOC(=O)C(=O)N(C)C1CCC1. The van der Waals surface area contributed by atoms with Crippen LogP contribution < -0.4 is 0 Å². The molecule has 13 heavy (non-hydrogen) atoms. The molecule has 0 spiro atoms. The summed E-state index contributed by atoms with van der Waals surface area (Å²) in [5.74, 6) is -1.26. The van der Waals surface area contributed by atoms with E-state index in [0.717, 1.165) is 19.3 Å². The van der Waals surface area contributed by atoms with E-state index in [1.54, 1.807) is 14.0 Å². The number of nitrogens with zero attached hydrogens (tertiary/aromatic N) is 1. The number of carbonyl (C=O) groups excluding carboxylic acids is 2. The van der Waals surface area contributed by atoms with Gasteiger partial charge in [-0.1, -0.05) is 0 Å². The Kier molecular flexibility index (Phi) is 3.28. The molecular formula is C9H15NO3. The molecule has 0 aromatic carbocycles. The standard InChI is InChI=1S/C9H15NO3/c1-3-13-9(12)8(11)10(2)7-5-4-6-7/h7H,3-6H2,1-2H3. The molecule has 1 amide bonds. The molecule has 1 rings (SSSR count). The topological polar surface area (TPSA) is 46.6 Å². The normalized spacial score (nSPS) is 16.2. The second-order valence-corrected chi connectivity index (χ2v) is 3.22. The van der Waals surface area contributed by atoms with Gasteiger partial charge in [0.1, 0.15) is 0 Å². The van der Waals surface area contributed by atoms with Gasteiger partial charge in [0.05, 0.1) is 6.61 Å². The molecule has 4 heteroatoms.